The molecule has 1 aromatic rings. The first-order chi connectivity index (χ1) is 11.1. The second-order valence-corrected chi connectivity index (χ2v) is 8.27. The van der Waals surface area contributed by atoms with Crippen molar-refractivity contribution in [2.24, 2.45) is 5.92 Å². The van der Waals surface area contributed by atoms with Crippen LogP contribution in [-0.4, -0.2) is 61.0 Å². The number of thiazole rings is 1. The SMILES string of the molecule is Cc1nc(CN(C)C)c([C@@H]2CNCC2C(=O)N2CCCCC2)s1. The van der Waals surface area contributed by atoms with Gasteiger partial charge in [-0.15, -0.1) is 11.3 Å². The molecule has 2 atom stereocenters. The summed E-state index contributed by atoms with van der Waals surface area (Å²) in [5.74, 6) is 0.709. The van der Waals surface area contributed by atoms with Gasteiger partial charge in [0.15, 0.2) is 0 Å². The van der Waals surface area contributed by atoms with E-state index in [0.717, 1.165) is 56.3 Å². The Bertz CT molecular complexity index is 551. The van der Waals surface area contributed by atoms with Gasteiger partial charge in [0.25, 0.3) is 0 Å². The zero-order valence-electron chi connectivity index (χ0n) is 14.5. The Morgan fingerprint density at radius 1 is 1.30 bits per heavy atom. The first-order valence-electron chi connectivity index (χ1n) is 8.66. The van der Waals surface area contributed by atoms with E-state index in [1.165, 1.54) is 11.3 Å². The molecule has 0 bridgehead atoms. The van der Waals surface area contributed by atoms with Crippen LogP contribution in [0.4, 0.5) is 0 Å². The van der Waals surface area contributed by atoms with Crippen LogP contribution in [-0.2, 0) is 11.3 Å². The summed E-state index contributed by atoms with van der Waals surface area (Å²) >= 11 is 1.77. The molecule has 6 heteroatoms. The smallest absolute Gasteiger partial charge is 0.227 e. The van der Waals surface area contributed by atoms with Crippen molar-refractivity contribution in [1.82, 2.24) is 20.1 Å². The number of likely N-dealkylation sites (tertiary alicyclic amines) is 1. The lowest BCUT2D eigenvalue weighted by atomic mass is 9.91. The Labute approximate surface area is 143 Å². The maximum atomic E-state index is 13.0. The topological polar surface area (TPSA) is 48.5 Å². The molecule has 1 N–H and O–H groups in total. The first-order valence-corrected chi connectivity index (χ1v) is 9.48. The highest BCUT2D eigenvalue weighted by Gasteiger charge is 2.38. The van der Waals surface area contributed by atoms with E-state index in [-0.39, 0.29) is 11.8 Å². The Morgan fingerprint density at radius 2 is 2.04 bits per heavy atom. The van der Waals surface area contributed by atoms with Gasteiger partial charge in [-0.05, 0) is 40.3 Å². The summed E-state index contributed by atoms with van der Waals surface area (Å²) in [5.41, 5.74) is 1.16. The zero-order chi connectivity index (χ0) is 16.4. The number of carbonyl (C=O) groups excluding carboxylic acids is 1. The van der Waals surface area contributed by atoms with E-state index in [1.54, 1.807) is 11.3 Å². The Hall–Kier alpha value is -0.980. The molecule has 2 saturated heterocycles. The molecule has 3 heterocycles. The number of hydrogen-bond acceptors (Lipinski definition) is 5. The average Bonchev–Trinajstić information content (AvgIpc) is 3.13. The highest BCUT2D eigenvalue weighted by Crippen LogP contribution is 2.36. The molecule has 1 aromatic heterocycles. The third kappa shape index (κ3) is 3.75. The normalized spacial score (nSPS) is 25.3. The van der Waals surface area contributed by atoms with Crippen LogP contribution in [0.1, 0.15) is 40.8 Å². The van der Waals surface area contributed by atoms with Gasteiger partial charge in [-0.1, -0.05) is 0 Å². The van der Waals surface area contributed by atoms with Crippen LogP contribution in [0.5, 0.6) is 0 Å². The second kappa shape index (κ2) is 7.28. The third-order valence-electron chi connectivity index (χ3n) is 4.84. The number of nitrogens with one attached hydrogen (secondary N) is 1. The Morgan fingerprint density at radius 3 is 2.74 bits per heavy atom. The molecule has 5 nitrogen and oxygen atoms in total. The number of carbonyl (C=O) groups is 1. The van der Waals surface area contributed by atoms with Gasteiger partial charge in [0.05, 0.1) is 16.6 Å². The highest BCUT2D eigenvalue weighted by molar-refractivity contribution is 7.11. The minimum Gasteiger partial charge on any atom is -0.342 e. The molecule has 2 aliphatic rings. The molecule has 1 amide bonds. The van der Waals surface area contributed by atoms with Crippen LogP contribution in [0.15, 0.2) is 0 Å². The van der Waals surface area contributed by atoms with Crippen LogP contribution in [0.3, 0.4) is 0 Å². The summed E-state index contributed by atoms with van der Waals surface area (Å²) in [4.78, 5) is 23.3. The van der Waals surface area contributed by atoms with E-state index in [0.29, 0.717) is 5.91 Å². The molecular formula is C17H28N4OS. The molecule has 128 valence electrons. The molecule has 0 radical (unpaired) electrons. The number of piperidine rings is 1. The van der Waals surface area contributed by atoms with Crippen molar-refractivity contribution in [3.05, 3.63) is 15.6 Å². The first kappa shape index (κ1) is 16.9. The minimum atomic E-state index is 0.0777. The Kier molecular flexibility index (Phi) is 5.34. The summed E-state index contributed by atoms with van der Waals surface area (Å²) in [5, 5.41) is 4.55. The molecule has 3 rings (SSSR count). The maximum Gasteiger partial charge on any atom is 0.227 e. The predicted octanol–water partition coefficient (Wildman–Crippen LogP) is 1.83. The summed E-state index contributed by atoms with van der Waals surface area (Å²) < 4.78 is 0. The van der Waals surface area contributed by atoms with Crippen molar-refractivity contribution in [3.8, 4) is 0 Å². The van der Waals surface area contributed by atoms with Gasteiger partial charge in [0.1, 0.15) is 0 Å². The van der Waals surface area contributed by atoms with Gasteiger partial charge >= 0.3 is 0 Å². The van der Waals surface area contributed by atoms with E-state index in [9.17, 15) is 4.79 Å². The van der Waals surface area contributed by atoms with E-state index in [2.05, 4.69) is 36.1 Å². The summed E-state index contributed by atoms with van der Waals surface area (Å²) in [7, 11) is 4.14. The predicted molar refractivity (Wildman–Crippen MR) is 93.8 cm³/mol. The number of hydrogen-bond donors (Lipinski definition) is 1. The van der Waals surface area contributed by atoms with Gasteiger partial charge in [-0.25, -0.2) is 4.98 Å². The second-order valence-electron chi connectivity index (χ2n) is 7.04. The standard InChI is InChI=1S/C17H28N4OS/c1-12-19-15(11-20(2)3)16(23-12)13-9-18-10-14(13)17(22)21-7-5-4-6-8-21/h13-14,18H,4-11H2,1-3H3/t13-,14?/m1/s1. The fraction of sp³-hybridized carbons (Fsp3) is 0.765. The molecule has 2 aliphatic heterocycles. The number of nitrogens with zero attached hydrogens (tertiary/aromatic N) is 3. The molecule has 23 heavy (non-hydrogen) atoms. The molecule has 0 aromatic carbocycles. The van der Waals surface area contributed by atoms with Gasteiger partial charge in [-0.2, -0.15) is 0 Å². The van der Waals surface area contributed by atoms with E-state index < -0.39 is 0 Å². The van der Waals surface area contributed by atoms with Gasteiger partial charge in [-0.3, -0.25) is 4.79 Å². The largest absolute Gasteiger partial charge is 0.342 e. The van der Waals surface area contributed by atoms with Crippen LogP contribution < -0.4 is 5.32 Å². The number of aromatic nitrogens is 1. The van der Waals surface area contributed by atoms with Crippen LogP contribution >= 0.6 is 11.3 Å². The van der Waals surface area contributed by atoms with Crippen molar-refractivity contribution >= 4 is 17.2 Å². The van der Waals surface area contributed by atoms with Crippen LogP contribution in [0.25, 0.3) is 0 Å². The molecular weight excluding hydrogens is 308 g/mol. The lowest BCUT2D eigenvalue weighted by molar-refractivity contribution is -0.136. The van der Waals surface area contributed by atoms with Crippen molar-refractivity contribution in [3.63, 3.8) is 0 Å². The lowest BCUT2D eigenvalue weighted by Gasteiger charge is -2.30. The van der Waals surface area contributed by atoms with Crippen molar-refractivity contribution in [2.45, 2.75) is 38.6 Å². The fourth-order valence-electron chi connectivity index (χ4n) is 3.75. The lowest BCUT2D eigenvalue weighted by Crippen LogP contribution is -2.41. The molecule has 0 aliphatic carbocycles. The van der Waals surface area contributed by atoms with Gasteiger partial charge < -0.3 is 15.1 Å². The summed E-state index contributed by atoms with van der Waals surface area (Å²) in [6.07, 6.45) is 3.57. The van der Waals surface area contributed by atoms with E-state index in [1.807, 2.05) is 0 Å². The minimum absolute atomic E-state index is 0.0777. The quantitative estimate of drug-likeness (QED) is 0.911. The zero-order valence-corrected chi connectivity index (χ0v) is 15.3. The van der Waals surface area contributed by atoms with E-state index >= 15 is 0 Å². The summed E-state index contributed by atoms with van der Waals surface area (Å²) in [6, 6.07) is 0. The highest BCUT2D eigenvalue weighted by atomic mass is 32.1. The number of rotatable bonds is 4. The fourth-order valence-corrected chi connectivity index (χ4v) is 4.85. The molecule has 1 unspecified atom stereocenters. The molecule has 0 spiro atoms. The van der Waals surface area contributed by atoms with E-state index in [4.69, 9.17) is 4.98 Å². The Balaban J connectivity index is 1.79. The van der Waals surface area contributed by atoms with Gasteiger partial charge in [0.2, 0.25) is 5.91 Å². The van der Waals surface area contributed by atoms with Gasteiger partial charge in [0, 0.05) is 43.5 Å². The number of amides is 1. The number of aryl methyl sites for hydroxylation is 1. The van der Waals surface area contributed by atoms with Crippen molar-refractivity contribution in [1.29, 1.82) is 0 Å². The monoisotopic (exact) mass is 336 g/mol. The maximum absolute atomic E-state index is 13.0. The van der Waals surface area contributed by atoms with Crippen molar-refractivity contribution in [2.75, 3.05) is 40.3 Å². The van der Waals surface area contributed by atoms with Crippen LogP contribution in [0, 0.1) is 12.8 Å². The van der Waals surface area contributed by atoms with Crippen molar-refractivity contribution < 1.29 is 4.79 Å². The molecule has 0 saturated carbocycles. The van der Waals surface area contributed by atoms with Crippen LogP contribution in [0.2, 0.25) is 0 Å². The summed E-state index contributed by atoms with van der Waals surface area (Å²) in [6.45, 7) is 6.49. The average molecular weight is 337 g/mol. The molecule has 2 fully saturated rings. The third-order valence-corrected chi connectivity index (χ3v) is 5.98.